The molecule has 140 valence electrons. The van der Waals surface area contributed by atoms with Gasteiger partial charge in [-0.05, 0) is 11.0 Å². The highest BCUT2D eigenvalue weighted by atomic mass is 16.3. The Morgan fingerprint density at radius 1 is 1.19 bits per heavy atom. The van der Waals surface area contributed by atoms with E-state index < -0.39 is 0 Å². The standard InChI is InChI=1S/C21H23N3O3/c1-21(2)10-13-16(14(25)11-21)15(12-8-6-5-7-9-12)17-18(22-13)23(3)20(27)24(4)19(17)26/h5-9,15H,10-11H2,1-4H3,(H,22,25,26)/p+2. The molecule has 4 rings (SSSR count). The number of hydrogen-bond donors (Lipinski definition) is 3. The fraction of sp³-hybridized carbons (Fsp3) is 0.381. The number of nitrogens with zero attached hydrogens (tertiary/aromatic N) is 2. The fourth-order valence-corrected chi connectivity index (χ4v) is 4.37. The molecular weight excluding hydrogens is 342 g/mol. The van der Waals surface area contributed by atoms with Gasteiger partial charge in [0.2, 0.25) is 0 Å². The van der Waals surface area contributed by atoms with E-state index in [-0.39, 0.29) is 22.9 Å². The van der Waals surface area contributed by atoms with Gasteiger partial charge >= 0.3 is 17.4 Å². The number of allylic oxidation sites excluding steroid dienone is 2. The third-order valence-electron chi connectivity index (χ3n) is 5.64. The smallest absolute Gasteiger partial charge is 0.512 e. The summed E-state index contributed by atoms with van der Waals surface area (Å²) in [5.41, 5.74) is 2.82. The molecule has 1 aromatic heterocycles. The average Bonchev–Trinajstić information content (AvgIpc) is 2.62. The Morgan fingerprint density at radius 2 is 1.85 bits per heavy atom. The maximum atomic E-state index is 13.1. The van der Waals surface area contributed by atoms with Crippen molar-refractivity contribution in [3.63, 3.8) is 0 Å². The van der Waals surface area contributed by atoms with E-state index in [0.717, 1.165) is 23.3 Å². The second kappa shape index (κ2) is 5.81. The lowest BCUT2D eigenvalue weighted by molar-refractivity contribution is -0.724. The van der Waals surface area contributed by atoms with Crippen LogP contribution in [0.5, 0.6) is 6.01 Å². The van der Waals surface area contributed by atoms with Crippen LogP contribution in [0.3, 0.4) is 0 Å². The SMILES string of the molecule is Cn1c(O)[n+](C)c2c(c1=O)C(c1ccccc1)C1=C(O)CC(C)(C)CC1=[NH+]2. The molecule has 1 aliphatic carbocycles. The Hall–Kier alpha value is -2.89. The minimum Gasteiger partial charge on any atom is -0.512 e. The molecule has 1 aromatic carbocycles. The molecule has 1 aliphatic heterocycles. The number of aromatic hydroxyl groups is 1. The van der Waals surface area contributed by atoms with Gasteiger partial charge in [-0.2, -0.15) is 0 Å². The van der Waals surface area contributed by atoms with Crippen molar-refractivity contribution >= 4 is 11.5 Å². The molecule has 2 aliphatic rings. The van der Waals surface area contributed by atoms with Gasteiger partial charge in [0.05, 0.1) is 11.5 Å². The molecule has 6 heteroatoms. The highest BCUT2D eigenvalue weighted by Crippen LogP contribution is 2.44. The van der Waals surface area contributed by atoms with E-state index in [1.165, 1.54) is 4.57 Å². The molecule has 0 fully saturated rings. The molecule has 1 unspecified atom stereocenters. The molecule has 2 aromatic rings. The van der Waals surface area contributed by atoms with Crippen LogP contribution in [0.25, 0.3) is 0 Å². The second-order valence-corrected chi connectivity index (χ2v) is 8.31. The molecule has 0 amide bonds. The van der Waals surface area contributed by atoms with Crippen LogP contribution < -0.4 is 15.1 Å². The first-order valence-electron chi connectivity index (χ1n) is 9.13. The molecular formula is C21H25N3O3+2. The molecule has 0 radical (unpaired) electrons. The van der Waals surface area contributed by atoms with E-state index in [2.05, 4.69) is 18.8 Å². The summed E-state index contributed by atoms with van der Waals surface area (Å²) < 4.78 is 2.83. The van der Waals surface area contributed by atoms with Gasteiger partial charge in [-0.25, -0.2) is 9.79 Å². The lowest BCUT2D eigenvalue weighted by atomic mass is 9.69. The Morgan fingerprint density at radius 3 is 2.52 bits per heavy atom. The number of benzene rings is 1. The zero-order valence-corrected chi connectivity index (χ0v) is 16.1. The molecule has 0 saturated carbocycles. The van der Waals surface area contributed by atoms with Crippen molar-refractivity contribution in [3.05, 3.63) is 63.1 Å². The lowest BCUT2D eigenvalue weighted by Gasteiger charge is -2.34. The summed E-state index contributed by atoms with van der Waals surface area (Å²) in [6, 6.07) is 9.64. The van der Waals surface area contributed by atoms with Gasteiger partial charge < -0.3 is 10.2 Å². The van der Waals surface area contributed by atoms with Crippen molar-refractivity contribution in [3.8, 4) is 6.01 Å². The largest absolute Gasteiger partial charge is 0.519 e. The minimum absolute atomic E-state index is 0.0883. The number of nitrogens with one attached hydrogen (secondary N) is 1. The van der Waals surface area contributed by atoms with Crippen LogP contribution in [-0.2, 0) is 14.1 Å². The number of aliphatic hydroxyl groups excluding tert-OH is 1. The highest BCUT2D eigenvalue weighted by molar-refractivity contribution is 6.01. The van der Waals surface area contributed by atoms with Gasteiger partial charge in [0, 0.05) is 12.8 Å². The molecule has 0 saturated heterocycles. The van der Waals surface area contributed by atoms with E-state index in [4.69, 9.17) is 0 Å². The number of aliphatic hydroxyl groups is 1. The zero-order valence-electron chi connectivity index (χ0n) is 16.1. The normalized spacial score (nSPS) is 20.7. The molecule has 2 heterocycles. The third kappa shape index (κ3) is 2.59. The van der Waals surface area contributed by atoms with E-state index in [1.54, 1.807) is 18.7 Å². The quantitative estimate of drug-likeness (QED) is 0.654. The van der Waals surface area contributed by atoms with E-state index >= 15 is 0 Å². The minimum atomic E-state index is -0.376. The Kier molecular flexibility index (Phi) is 3.77. The van der Waals surface area contributed by atoms with E-state index in [1.807, 2.05) is 30.3 Å². The van der Waals surface area contributed by atoms with Crippen LogP contribution in [-0.4, -0.2) is 20.5 Å². The summed E-state index contributed by atoms with van der Waals surface area (Å²) in [6.07, 6.45) is 1.32. The topological polar surface area (TPSA) is 80.3 Å². The molecule has 1 atom stereocenters. The summed E-state index contributed by atoms with van der Waals surface area (Å²) in [6.45, 7) is 4.23. The van der Waals surface area contributed by atoms with Gasteiger partial charge in [-0.15, -0.1) is 9.13 Å². The molecule has 27 heavy (non-hydrogen) atoms. The average molecular weight is 367 g/mol. The van der Waals surface area contributed by atoms with Gasteiger partial charge in [0.1, 0.15) is 25.6 Å². The maximum Gasteiger partial charge on any atom is 0.519 e. The highest BCUT2D eigenvalue weighted by Gasteiger charge is 2.47. The first-order chi connectivity index (χ1) is 12.7. The summed E-state index contributed by atoms with van der Waals surface area (Å²) >= 11 is 0. The fourth-order valence-electron chi connectivity index (χ4n) is 4.37. The van der Waals surface area contributed by atoms with Crippen LogP contribution in [0.4, 0.5) is 5.82 Å². The number of rotatable bonds is 1. The number of aromatic nitrogens is 2. The van der Waals surface area contributed by atoms with Crippen molar-refractivity contribution in [2.45, 2.75) is 32.6 Å². The van der Waals surface area contributed by atoms with Crippen LogP contribution in [0.1, 0.15) is 43.7 Å². The van der Waals surface area contributed by atoms with Crippen molar-refractivity contribution in [2.75, 3.05) is 0 Å². The van der Waals surface area contributed by atoms with Crippen LogP contribution in [0, 0.1) is 5.41 Å². The first-order valence-corrected chi connectivity index (χ1v) is 9.13. The molecule has 3 N–H and O–H groups in total. The maximum absolute atomic E-state index is 13.1. The molecule has 0 spiro atoms. The van der Waals surface area contributed by atoms with Crippen molar-refractivity contribution < 1.29 is 19.8 Å². The Bertz CT molecular complexity index is 1060. The predicted octanol–water partition coefficient (Wildman–Crippen LogP) is 0.846. The summed E-state index contributed by atoms with van der Waals surface area (Å²) in [5.74, 6) is 0.527. The van der Waals surface area contributed by atoms with Gasteiger partial charge in [-0.1, -0.05) is 44.2 Å². The van der Waals surface area contributed by atoms with Crippen molar-refractivity contribution in [1.29, 1.82) is 0 Å². The van der Waals surface area contributed by atoms with E-state index in [9.17, 15) is 15.0 Å². The van der Waals surface area contributed by atoms with Gasteiger partial charge in [0.15, 0.2) is 5.56 Å². The third-order valence-corrected chi connectivity index (χ3v) is 5.64. The number of hydrogen-bond acceptors (Lipinski definition) is 3. The molecule has 0 bridgehead atoms. The molecule has 6 nitrogen and oxygen atoms in total. The zero-order chi connectivity index (χ0) is 19.5. The van der Waals surface area contributed by atoms with Crippen LogP contribution >= 0.6 is 0 Å². The first kappa shape index (κ1) is 17.5. The summed E-state index contributed by atoms with van der Waals surface area (Å²) in [4.78, 5) is 16.5. The van der Waals surface area contributed by atoms with Crippen LogP contribution in [0.15, 0.2) is 46.5 Å². The van der Waals surface area contributed by atoms with Gasteiger partial charge in [0.25, 0.3) is 0 Å². The summed E-state index contributed by atoms with van der Waals surface area (Å²) in [5, 5.41) is 21.3. The predicted molar refractivity (Wildman–Crippen MR) is 101 cm³/mol. The Labute approximate surface area is 157 Å². The Balaban J connectivity index is 2.12. The van der Waals surface area contributed by atoms with E-state index in [0.29, 0.717) is 23.6 Å². The van der Waals surface area contributed by atoms with Crippen molar-refractivity contribution in [2.24, 2.45) is 19.5 Å². The number of fused-ring (bicyclic) bond motifs is 2. The van der Waals surface area contributed by atoms with Crippen molar-refractivity contribution in [1.82, 2.24) is 4.57 Å². The second-order valence-electron chi connectivity index (χ2n) is 8.31. The van der Waals surface area contributed by atoms with Gasteiger partial charge in [-0.3, -0.25) is 0 Å². The summed E-state index contributed by atoms with van der Waals surface area (Å²) in [7, 11) is 3.28. The monoisotopic (exact) mass is 367 g/mol. The lowest BCUT2D eigenvalue weighted by Crippen LogP contribution is -2.76. The van der Waals surface area contributed by atoms with Crippen LogP contribution in [0.2, 0.25) is 0 Å².